The van der Waals surface area contributed by atoms with Crippen LogP contribution in [0, 0.1) is 11.6 Å². The minimum atomic E-state index is -0.746. The number of halogens is 2. The lowest BCUT2D eigenvalue weighted by Crippen LogP contribution is -2.03. The molecule has 0 fully saturated rings. The maximum atomic E-state index is 13.1. The molecule has 14 heavy (non-hydrogen) atoms. The van der Waals surface area contributed by atoms with E-state index in [2.05, 4.69) is 10.3 Å². The SMILES string of the molecule is OCCn1nnc2c(F)cc(F)cc21. The molecule has 0 saturated heterocycles. The molecule has 2 rings (SSSR count). The third-order valence-electron chi connectivity index (χ3n) is 1.85. The second-order valence-electron chi connectivity index (χ2n) is 2.79. The highest BCUT2D eigenvalue weighted by atomic mass is 19.1. The van der Waals surface area contributed by atoms with Crippen molar-refractivity contribution in [2.24, 2.45) is 0 Å². The molecule has 0 unspecified atom stereocenters. The molecule has 0 radical (unpaired) electrons. The van der Waals surface area contributed by atoms with E-state index >= 15 is 0 Å². The Morgan fingerprint density at radius 2 is 2.14 bits per heavy atom. The van der Waals surface area contributed by atoms with Crippen molar-refractivity contribution in [1.29, 1.82) is 0 Å². The van der Waals surface area contributed by atoms with Crippen molar-refractivity contribution in [2.45, 2.75) is 6.54 Å². The maximum absolute atomic E-state index is 13.1. The molecular weight excluding hydrogens is 192 g/mol. The number of fused-ring (bicyclic) bond motifs is 1. The first kappa shape index (κ1) is 9.01. The van der Waals surface area contributed by atoms with Gasteiger partial charge in [0.05, 0.1) is 18.7 Å². The Bertz CT molecular complexity index is 469. The van der Waals surface area contributed by atoms with E-state index in [9.17, 15) is 8.78 Å². The highest BCUT2D eigenvalue weighted by Gasteiger charge is 2.10. The number of aliphatic hydroxyl groups excluding tert-OH is 1. The highest BCUT2D eigenvalue weighted by molar-refractivity contribution is 5.74. The van der Waals surface area contributed by atoms with Gasteiger partial charge in [-0.15, -0.1) is 5.10 Å². The van der Waals surface area contributed by atoms with Crippen LogP contribution in [0.5, 0.6) is 0 Å². The van der Waals surface area contributed by atoms with E-state index in [-0.39, 0.29) is 24.2 Å². The van der Waals surface area contributed by atoms with E-state index in [1.807, 2.05) is 0 Å². The van der Waals surface area contributed by atoms with Crippen LogP contribution in [0.2, 0.25) is 0 Å². The van der Waals surface area contributed by atoms with Crippen molar-refractivity contribution >= 4 is 11.0 Å². The van der Waals surface area contributed by atoms with Crippen molar-refractivity contribution in [3.63, 3.8) is 0 Å². The van der Waals surface area contributed by atoms with E-state index in [4.69, 9.17) is 5.11 Å². The van der Waals surface area contributed by atoms with Gasteiger partial charge in [-0.3, -0.25) is 0 Å². The highest BCUT2D eigenvalue weighted by Crippen LogP contribution is 2.16. The fourth-order valence-electron chi connectivity index (χ4n) is 1.25. The Balaban J connectivity index is 2.66. The third kappa shape index (κ3) is 1.33. The molecule has 0 aliphatic heterocycles. The zero-order chi connectivity index (χ0) is 10.1. The molecule has 1 aromatic carbocycles. The number of hydrogen-bond acceptors (Lipinski definition) is 3. The molecule has 0 amide bonds. The average molecular weight is 199 g/mol. The number of aromatic nitrogens is 3. The van der Waals surface area contributed by atoms with Crippen LogP contribution >= 0.6 is 0 Å². The Morgan fingerprint density at radius 1 is 1.36 bits per heavy atom. The topological polar surface area (TPSA) is 50.9 Å². The fourth-order valence-corrected chi connectivity index (χ4v) is 1.25. The summed E-state index contributed by atoms with van der Waals surface area (Å²) < 4.78 is 27.2. The van der Waals surface area contributed by atoms with Crippen LogP contribution in [0.15, 0.2) is 12.1 Å². The Labute approximate surface area is 77.8 Å². The lowest BCUT2D eigenvalue weighted by Gasteiger charge is -1.98. The Kier molecular flexibility index (Phi) is 2.12. The van der Waals surface area contributed by atoms with Crippen LogP contribution in [-0.2, 0) is 6.54 Å². The van der Waals surface area contributed by atoms with Gasteiger partial charge in [0.1, 0.15) is 11.3 Å². The molecule has 0 aliphatic carbocycles. The fraction of sp³-hybridized carbons (Fsp3) is 0.250. The van der Waals surface area contributed by atoms with Gasteiger partial charge in [-0.1, -0.05) is 5.21 Å². The van der Waals surface area contributed by atoms with Crippen LogP contribution in [0.3, 0.4) is 0 Å². The second-order valence-corrected chi connectivity index (χ2v) is 2.79. The molecule has 0 spiro atoms. The van der Waals surface area contributed by atoms with E-state index < -0.39 is 11.6 Å². The largest absolute Gasteiger partial charge is 0.394 e. The van der Waals surface area contributed by atoms with Crippen LogP contribution in [0.1, 0.15) is 0 Å². The minimum absolute atomic E-state index is 0.0138. The van der Waals surface area contributed by atoms with Gasteiger partial charge in [-0.05, 0) is 0 Å². The van der Waals surface area contributed by atoms with Gasteiger partial charge in [-0.25, -0.2) is 13.5 Å². The summed E-state index contributed by atoms with van der Waals surface area (Å²) in [6, 6.07) is 1.88. The van der Waals surface area contributed by atoms with E-state index in [1.165, 1.54) is 4.68 Å². The number of hydrogen-bond donors (Lipinski definition) is 1. The summed E-state index contributed by atoms with van der Waals surface area (Å²) >= 11 is 0. The summed E-state index contributed by atoms with van der Waals surface area (Å²) in [4.78, 5) is 0. The van der Waals surface area contributed by atoms with Gasteiger partial charge < -0.3 is 5.11 Å². The summed E-state index contributed by atoms with van der Waals surface area (Å²) in [5.41, 5.74) is 0.261. The smallest absolute Gasteiger partial charge is 0.155 e. The van der Waals surface area contributed by atoms with Crippen molar-refractivity contribution in [1.82, 2.24) is 15.0 Å². The van der Waals surface area contributed by atoms with Crippen LogP contribution in [0.4, 0.5) is 8.78 Å². The first-order valence-corrected chi connectivity index (χ1v) is 4.01. The summed E-state index contributed by atoms with van der Waals surface area (Å²) in [6.45, 7) is 0.00991. The average Bonchev–Trinajstić information content (AvgIpc) is 2.49. The number of aliphatic hydroxyl groups is 1. The quantitative estimate of drug-likeness (QED) is 0.774. The Hall–Kier alpha value is -1.56. The van der Waals surface area contributed by atoms with Gasteiger partial charge in [0.15, 0.2) is 5.82 Å². The number of nitrogens with zero attached hydrogens (tertiary/aromatic N) is 3. The zero-order valence-electron chi connectivity index (χ0n) is 7.11. The lowest BCUT2D eigenvalue weighted by molar-refractivity contribution is 0.270. The zero-order valence-corrected chi connectivity index (χ0v) is 7.11. The molecule has 4 nitrogen and oxygen atoms in total. The predicted molar refractivity (Wildman–Crippen MR) is 44.5 cm³/mol. The van der Waals surface area contributed by atoms with Crippen LogP contribution in [0.25, 0.3) is 11.0 Å². The summed E-state index contributed by atoms with van der Waals surface area (Å²) in [5.74, 6) is -1.43. The molecular formula is C8H7F2N3O. The minimum Gasteiger partial charge on any atom is -0.394 e. The van der Waals surface area contributed by atoms with Crippen molar-refractivity contribution in [3.8, 4) is 0 Å². The van der Waals surface area contributed by atoms with Crippen molar-refractivity contribution < 1.29 is 13.9 Å². The standard InChI is InChI=1S/C8H7F2N3O/c9-5-3-6(10)8-7(4-5)13(1-2-14)12-11-8/h3-4,14H,1-2H2. The second kappa shape index (κ2) is 3.30. The molecule has 6 heteroatoms. The molecule has 2 aromatic rings. The normalized spacial score (nSPS) is 11.1. The van der Waals surface area contributed by atoms with Gasteiger partial charge in [-0.2, -0.15) is 0 Å². The van der Waals surface area contributed by atoms with Gasteiger partial charge in [0.25, 0.3) is 0 Å². The van der Waals surface area contributed by atoms with E-state index in [0.717, 1.165) is 12.1 Å². The third-order valence-corrected chi connectivity index (χ3v) is 1.85. The van der Waals surface area contributed by atoms with E-state index in [1.54, 1.807) is 0 Å². The number of benzene rings is 1. The van der Waals surface area contributed by atoms with Gasteiger partial charge >= 0.3 is 0 Å². The molecule has 1 N–H and O–H groups in total. The molecule has 1 aromatic heterocycles. The molecule has 0 saturated carbocycles. The first-order valence-electron chi connectivity index (χ1n) is 4.01. The molecule has 74 valence electrons. The maximum Gasteiger partial charge on any atom is 0.155 e. The molecule has 0 atom stereocenters. The summed E-state index contributed by atoms with van der Waals surface area (Å²) in [6.07, 6.45) is 0. The summed E-state index contributed by atoms with van der Waals surface area (Å²) in [7, 11) is 0. The molecule has 0 aliphatic rings. The van der Waals surface area contributed by atoms with Crippen molar-refractivity contribution in [3.05, 3.63) is 23.8 Å². The molecule has 0 bridgehead atoms. The first-order chi connectivity index (χ1) is 6.72. The Morgan fingerprint density at radius 3 is 2.86 bits per heavy atom. The predicted octanol–water partition coefficient (Wildman–Crippen LogP) is 0.702. The monoisotopic (exact) mass is 199 g/mol. The number of rotatable bonds is 2. The molecule has 1 heterocycles. The van der Waals surface area contributed by atoms with E-state index in [0.29, 0.717) is 0 Å². The van der Waals surface area contributed by atoms with Gasteiger partial charge in [0, 0.05) is 12.1 Å². The van der Waals surface area contributed by atoms with Crippen molar-refractivity contribution in [2.75, 3.05) is 6.61 Å². The van der Waals surface area contributed by atoms with Crippen LogP contribution < -0.4 is 0 Å². The van der Waals surface area contributed by atoms with Gasteiger partial charge in [0.2, 0.25) is 0 Å². The van der Waals surface area contributed by atoms with Crippen LogP contribution in [-0.4, -0.2) is 26.7 Å². The lowest BCUT2D eigenvalue weighted by atomic mass is 10.3. The summed E-state index contributed by atoms with van der Waals surface area (Å²) in [5, 5.41) is 15.8.